The third-order valence-electron chi connectivity index (χ3n) is 5.20. The Morgan fingerprint density at radius 1 is 1.24 bits per heavy atom. The van der Waals surface area contributed by atoms with Crippen LogP contribution in [0.15, 0.2) is 33.7 Å². The predicted octanol–water partition coefficient (Wildman–Crippen LogP) is 5.17. The van der Waals surface area contributed by atoms with Crippen molar-refractivity contribution in [1.82, 2.24) is 14.9 Å². The maximum atomic E-state index is 13.1. The molecule has 0 radical (unpaired) electrons. The molecule has 6 heteroatoms. The number of aryl methyl sites for hydroxylation is 3. The monoisotopic (exact) mass is 457 g/mol. The molecular weight excluding hydrogens is 430 g/mol. The minimum atomic E-state index is -0.177. The van der Waals surface area contributed by atoms with Gasteiger partial charge in [0.25, 0.3) is 11.5 Å². The third-order valence-corrected chi connectivity index (χ3v) is 5.65. The van der Waals surface area contributed by atoms with Crippen LogP contribution in [0.1, 0.15) is 66.0 Å². The van der Waals surface area contributed by atoms with Crippen molar-refractivity contribution in [2.75, 3.05) is 0 Å². The number of nitrogens with one attached hydrogen (secondary N) is 2. The van der Waals surface area contributed by atoms with Gasteiger partial charge in [-0.05, 0) is 63.4 Å². The molecule has 0 fully saturated rings. The van der Waals surface area contributed by atoms with Crippen LogP contribution in [0.3, 0.4) is 0 Å². The lowest BCUT2D eigenvalue weighted by Gasteiger charge is -2.13. The van der Waals surface area contributed by atoms with Crippen molar-refractivity contribution in [3.63, 3.8) is 0 Å². The van der Waals surface area contributed by atoms with Crippen LogP contribution in [0.25, 0.3) is 10.9 Å². The first-order valence-electron chi connectivity index (χ1n) is 10.0. The van der Waals surface area contributed by atoms with Crippen LogP contribution >= 0.6 is 15.9 Å². The molecule has 0 spiro atoms. The van der Waals surface area contributed by atoms with Crippen molar-refractivity contribution in [1.29, 1.82) is 0 Å². The summed E-state index contributed by atoms with van der Waals surface area (Å²) in [5.41, 5.74) is 5.04. The zero-order valence-electron chi connectivity index (χ0n) is 17.6. The summed E-state index contributed by atoms with van der Waals surface area (Å²) in [6.45, 7) is 10.4. The van der Waals surface area contributed by atoms with Gasteiger partial charge in [0.1, 0.15) is 0 Å². The van der Waals surface area contributed by atoms with Crippen LogP contribution in [-0.2, 0) is 13.0 Å². The van der Waals surface area contributed by atoms with Crippen LogP contribution in [0.5, 0.6) is 0 Å². The zero-order valence-corrected chi connectivity index (χ0v) is 19.2. The highest BCUT2D eigenvalue weighted by atomic mass is 79.9. The van der Waals surface area contributed by atoms with Gasteiger partial charge in [-0.3, -0.25) is 9.59 Å². The average Bonchev–Trinajstić information content (AvgIpc) is 2.97. The fourth-order valence-corrected chi connectivity index (χ4v) is 4.34. The molecule has 154 valence electrons. The number of rotatable bonds is 6. The smallest absolute Gasteiger partial charge is 0.253 e. The molecule has 2 aromatic heterocycles. The van der Waals surface area contributed by atoms with E-state index >= 15 is 0 Å². The summed E-state index contributed by atoms with van der Waals surface area (Å²) in [6, 6.07) is 6.18. The highest BCUT2D eigenvalue weighted by molar-refractivity contribution is 9.10. The van der Waals surface area contributed by atoms with E-state index in [1.807, 2.05) is 32.0 Å². The average molecular weight is 458 g/mol. The Hall–Kier alpha value is -2.34. The summed E-state index contributed by atoms with van der Waals surface area (Å²) in [6.07, 6.45) is 3.84. The number of carbonyl (C=O) groups is 1. The van der Waals surface area contributed by atoms with Gasteiger partial charge >= 0.3 is 0 Å². The molecule has 3 aromatic rings. The molecule has 0 bridgehead atoms. The molecule has 3 rings (SSSR count). The molecule has 29 heavy (non-hydrogen) atoms. The minimum Gasteiger partial charge on any atom is -0.348 e. The van der Waals surface area contributed by atoms with E-state index in [-0.39, 0.29) is 18.0 Å². The summed E-state index contributed by atoms with van der Waals surface area (Å²) >= 11 is 3.54. The molecule has 5 nitrogen and oxygen atoms in total. The minimum absolute atomic E-state index is 0.129. The summed E-state index contributed by atoms with van der Waals surface area (Å²) in [5.74, 6) is -0.177. The van der Waals surface area contributed by atoms with Crippen molar-refractivity contribution in [2.45, 2.75) is 60.0 Å². The highest BCUT2D eigenvalue weighted by Gasteiger charge is 2.18. The second kappa shape index (κ2) is 8.57. The number of halogens is 1. The number of H-pyrrole nitrogens is 1. The van der Waals surface area contributed by atoms with Gasteiger partial charge in [0, 0.05) is 39.9 Å². The first-order chi connectivity index (χ1) is 13.7. The molecule has 1 aromatic carbocycles. The number of hydrogen-bond donors (Lipinski definition) is 2. The topological polar surface area (TPSA) is 66.9 Å². The van der Waals surface area contributed by atoms with Crippen LogP contribution in [-0.4, -0.2) is 15.5 Å². The standard InChI is InChI=1S/C23H28BrN3O2/c1-6-7-16-8-15(5)26-23(29)19(16)11-25-22(28)18-9-17(24)10-20-21(18)14(4)12-27(20)13(2)3/h8-10,12-13H,6-7,11H2,1-5H3,(H,25,28)(H,26,29). The van der Waals surface area contributed by atoms with E-state index in [0.29, 0.717) is 17.2 Å². The number of aromatic amines is 1. The third kappa shape index (κ3) is 4.32. The number of benzene rings is 1. The van der Waals surface area contributed by atoms with Crippen molar-refractivity contribution in [3.8, 4) is 0 Å². The molecule has 2 heterocycles. The van der Waals surface area contributed by atoms with Gasteiger partial charge in [0.2, 0.25) is 0 Å². The molecule has 0 aliphatic heterocycles. The number of hydrogen-bond acceptors (Lipinski definition) is 2. The van der Waals surface area contributed by atoms with E-state index < -0.39 is 0 Å². The van der Waals surface area contributed by atoms with E-state index in [2.05, 4.69) is 57.8 Å². The van der Waals surface area contributed by atoms with Gasteiger partial charge in [-0.25, -0.2) is 0 Å². The summed E-state index contributed by atoms with van der Waals surface area (Å²) < 4.78 is 3.03. The lowest BCUT2D eigenvalue weighted by atomic mass is 10.0. The SMILES string of the molecule is CCCc1cc(C)[nH]c(=O)c1CNC(=O)c1cc(Br)cc2c1c(C)cn2C(C)C. The quantitative estimate of drug-likeness (QED) is 0.535. The summed E-state index contributed by atoms with van der Waals surface area (Å²) in [7, 11) is 0. The number of pyridine rings is 1. The Balaban J connectivity index is 1.97. The zero-order chi connectivity index (χ0) is 21.3. The second-order valence-electron chi connectivity index (χ2n) is 7.88. The Morgan fingerprint density at radius 3 is 2.62 bits per heavy atom. The molecule has 0 aliphatic rings. The fourth-order valence-electron chi connectivity index (χ4n) is 3.89. The number of nitrogens with zero attached hydrogens (tertiary/aromatic N) is 1. The predicted molar refractivity (Wildman–Crippen MR) is 122 cm³/mol. The Kier molecular flexibility index (Phi) is 6.32. The van der Waals surface area contributed by atoms with Crippen molar-refractivity contribution < 1.29 is 4.79 Å². The van der Waals surface area contributed by atoms with Gasteiger partial charge in [-0.15, -0.1) is 0 Å². The number of amides is 1. The Morgan fingerprint density at radius 2 is 1.97 bits per heavy atom. The van der Waals surface area contributed by atoms with E-state index in [4.69, 9.17) is 0 Å². The fraction of sp³-hybridized carbons (Fsp3) is 0.391. The number of fused-ring (bicyclic) bond motifs is 1. The first kappa shape index (κ1) is 21.4. The van der Waals surface area contributed by atoms with E-state index in [0.717, 1.165) is 45.0 Å². The molecular formula is C23H28BrN3O2. The lowest BCUT2D eigenvalue weighted by molar-refractivity contribution is 0.0952. The summed E-state index contributed by atoms with van der Waals surface area (Å²) in [4.78, 5) is 28.4. The van der Waals surface area contributed by atoms with Gasteiger partial charge in [0.15, 0.2) is 0 Å². The normalized spacial score (nSPS) is 11.4. The Labute approximate surface area is 179 Å². The summed E-state index contributed by atoms with van der Waals surface area (Å²) in [5, 5.41) is 3.92. The van der Waals surface area contributed by atoms with Crippen LogP contribution in [0.2, 0.25) is 0 Å². The molecule has 1 amide bonds. The van der Waals surface area contributed by atoms with Gasteiger partial charge in [-0.1, -0.05) is 29.3 Å². The van der Waals surface area contributed by atoms with Gasteiger partial charge in [0.05, 0.1) is 11.1 Å². The molecule has 0 saturated carbocycles. The largest absolute Gasteiger partial charge is 0.348 e. The van der Waals surface area contributed by atoms with Crippen molar-refractivity contribution in [2.24, 2.45) is 0 Å². The molecule has 0 unspecified atom stereocenters. The van der Waals surface area contributed by atoms with Gasteiger partial charge in [-0.2, -0.15) is 0 Å². The first-order valence-corrected chi connectivity index (χ1v) is 10.8. The number of carbonyl (C=O) groups excluding carboxylic acids is 1. The van der Waals surface area contributed by atoms with E-state index in [1.54, 1.807) is 0 Å². The molecule has 0 atom stereocenters. The maximum absolute atomic E-state index is 13.1. The van der Waals surface area contributed by atoms with Crippen molar-refractivity contribution in [3.05, 3.63) is 67.2 Å². The molecule has 0 aliphatic carbocycles. The second-order valence-corrected chi connectivity index (χ2v) is 8.79. The van der Waals surface area contributed by atoms with E-state index in [1.165, 1.54) is 0 Å². The van der Waals surface area contributed by atoms with E-state index in [9.17, 15) is 9.59 Å². The Bertz CT molecular complexity index is 1130. The lowest BCUT2D eigenvalue weighted by Crippen LogP contribution is -2.28. The van der Waals surface area contributed by atoms with Crippen LogP contribution in [0.4, 0.5) is 0 Å². The number of aromatic nitrogens is 2. The van der Waals surface area contributed by atoms with Crippen LogP contribution in [0, 0.1) is 13.8 Å². The van der Waals surface area contributed by atoms with Gasteiger partial charge < -0.3 is 14.9 Å². The molecule has 0 saturated heterocycles. The maximum Gasteiger partial charge on any atom is 0.253 e. The van der Waals surface area contributed by atoms with Crippen LogP contribution < -0.4 is 10.9 Å². The molecule has 2 N–H and O–H groups in total. The highest BCUT2D eigenvalue weighted by Crippen LogP contribution is 2.31. The van der Waals surface area contributed by atoms with Crippen molar-refractivity contribution >= 4 is 32.7 Å².